The Balaban J connectivity index is 1.29. The van der Waals surface area contributed by atoms with Crippen LogP contribution in [0.5, 0.6) is 0 Å². The van der Waals surface area contributed by atoms with Crippen LogP contribution >= 0.6 is 11.3 Å². The summed E-state index contributed by atoms with van der Waals surface area (Å²) in [5.74, 6) is 0.612. The zero-order chi connectivity index (χ0) is 20.1. The lowest BCUT2D eigenvalue weighted by Crippen LogP contribution is -2.21. The normalized spacial score (nSPS) is 13.9. The van der Waals surface area contributed by atoms with Gasteiger partial charge in [0.1, 0.15) is 11.6 Å². The average molecular weight is 408 g/mol. The van der Waals surface area contributed by atoms with Gasteiger partial charge in [-0.1, -0.05) is 18.2 Å². The van der Waals surface area contributed by atoms with Crippen LogP contribution in [0.15, 0.2) is 60.8 Å². The molecular weight excluding hydrogens is 385 g/mol. The Morgan fingerprint density at radius 1 is 1.10 bits per heavy atom. The van der Waals surface area contributed by atoms with Crippen molar-refractivity contribution < 1.29 is 9.18 Å². The maximum absolute atomic E-state index is 13.0. The van der Waals surface area contributed by atoms with E-state index in [1.54, 1.807) is 29.5 Å². The monoisotopic (exact) mass is 407 g/mol. The number of hydrogen-bond acceptors (Lipinski definition) is 4. The highest BCUT2D eigenvalue weighted by Crippen LogP contribution is 2.28. The minimum atomic E-state index is -0.247. The molecule has 3 heterocycles. The third-order valence-electron chi connectivity index (χ3n) is 4.86. The summed E-state index contributed by atoms with van der Waals surface area (Å²) in [5, 5.41) is 2.89. The first-order chi connectivity index (χ1) is 14.2. The van der Waals surface area contributed by atoms with E-state index < -0.39 is 0 Å². The Bertz CT molecular complexity index is 990. The van der Waals surface area contributed by atoms with Crippen molar-refractivity contribution in [3.8, 4) is 10.4 Å². The molecule has 4 rings (SSSR count). The first-order valence-electron chi connectivity index (χ1n) is 9.69. The molecule has 0 bridgehead atoms. The van der Waals surface area contributed by atoms with E-state index in [1.807, 2.05) is 30.5 Å². The van der Waals surface area contributed by atoms with Gasteiger partial charge in [0.25, 0.3) is 0 Å². The Morgan fingerprint density at radius 3 is 2.62 bits per heavy atom. The number of carbonyl (C=O) groups is 1. The lowest BCUT2D eigenvalue weighted by Gasteiger charge is -2.16. The molecule has 1 aromatic carbocycles. The molecule has 0 aliphatic carbocycles. The average Bonchev–Trinajstić information content (AvgIpc) is 3.44. The van der Waals surface area contributed by atoms with Gasteiger partial charge >= 0.3 is 0 Å². The summed E-state index contributed by atoms with van der Waals surface area (Å²) >= 11 is 1.56. The third-order valence-corrected chi connectivity index (χ3v) is 5.96. The zero-order valence-corrected chi connectivity index (χ0v) is 16.8. The largest absolute Gasteiger partial charge is 0.357 e. The molecule has 148 valence electrons. The smallest absolute Gasteiger partial charge is 0.244 e. The molecule has 1 fully saturated rings. The third kappa shape index (κ3) is 5.09. The summed E-state index contributed by atoms with van der Waals surface area (Å²) < 4.78 is 13.0. The Labute approximate surface area is 173 Å². The standard InChI is InChI=1S/C23H22FN3OS/c24-19-6-4-18(5-7-19)21-10-8-20(29-21)9-12-23(28)26-16-17-3-11-22(25-15-17)27-13-1-2-14-27/h3-12,15H,1-2,13-14,16H2,(H,26,28). The number of benzene rings is 1. The molecule has 1 N–H and O–H groups in total. The Morgan fingerprint density at radius 2 is 1.90 bits per heavy atom. The van der Waals surface area contributed by atoms with Gasteiger partial charge in [-0.25, -0.2) is 9.37 Å². The second kappa shape index (κ2) is 9.01. The van der Waals surface area contributed by atoms with Crippen molar-refractivity contribution in [2.24, 2.45) is 0 Å². The molecular formula is C23H22FN3OS. The van der Waals surface area contributed by atoms with Crippen molar-refractivity contribution in [3.05, 3.63) is 77.1 Å². The summed E-state index contributed by atoms with van der Waals surface area (Å²) in [7, 11) is 0. The number of pyridine rings is 1. The molecule has 0 atom stereocenters. The van der Waals surface area contributed by atoms with Gasteiger partial charge in [0.05, 0.1) is 0 Å². The molecule has 3 aromatic rings. The molecule has 4 nitrogen and oxygen atoms in total. The maximum atomic E-state index is 13.0. The van der Waals surface area contributed by atoms with Gasteiger partial charge in [-0.3, -0.25) is 4.79 Å². The van der Waals surface area contributed by atoms with Crippen LogP contribution in [0.4, 0.5) is 10.2 Å². The number of hydrogen-bond donors (Lipinski definition) is 1. The van der Waals surface area contributed by atoms with Crippen molar-refractivity contribution in [2.75, 3.05) is 18.0 Å². The first-order valence-corrected chi connectivity index (χ1v) is 10.5. The number of anilines is 1. The summed E-state index contributed by atoms with van der Waals surface area (Å²) in [6.07, 6.45) is 7.60. The predicted octanol–water partition coefficient (Wildman–Crippen LogP) is 4.88. The molecule has 2 aromatic heterocycles. The number of aromatic nitrogens is 1. The van der Waals surface area contributed by atoms with Gasteiger partial charge in [-0.05, 0) is 60.4 Å². The molecule has 1 saturated heterocycles. The van der Waals surface area contributed by atoms with E-state index in [0.717, 1.165) is 39.8 Å². The summed E-state index contributed by atoms with van der Waals surface area (Å²) in [6.45, 7) is 2.58. The Hall–Kier alpha value is -2.99. The van der Waals surface area contributed by atoms with Crippen LogP contribution in [0, 0.1) is 5.82 Å². The summed E-state index contributed by atoms with van der Waals surface area (Å²) in [4.78, 5) is 20.9. The minimum absolute atomic E-state index is 0.148. The van der Waals surface area contributed by atoms with E-state index in [9.17, 15) is 9.18 Å². The molecule has 29 heavy (non-hydrogen) atoms. The van der Waals surface area contributed by atoms with E-state index >= 15 is 0 Å². The zero-order valence-electron chi connectivity index (χ0n) is 16.0. The van der Waals surface area contributed by atoms with E-state index in [4.69, 9.17) is 0 Å². The van der Waals surface area contributed by atoms with Gasteiger partial charge in [0.2, 0.25) is 5.91 Å². The fraction of sp³-hybridized carbons (Fsp3) is 0.217. The lowest BCUT2D eigenvalue weighted by atomic mass is 10.2. The number of thiophene rings is 1. The molecule has 1 amide bonds. The van der Waals surface area contributed by atoms with Crippen LogP contribution < -0.4 is 10.2 Å². The fourth-order valence-corrected chi connectivity index (χ4v) is 4.19. The number of rotatable bonds is 6. The number of halogens is 1. The SMILES string of the molecule is O=C(C=Cc1ccc(-c2ccc(F)cc2)s1)NCc1ccc(N2CCCC2)nc1. The van der Waals surface area contributed by atoms with E-state index in [-0.39, 0.29) is 11.7 Å². The van der Waals surface area contributed by atoms with Crippen LogP contribution in [0.1, 0.15) is 23.3 Å². The van der Waals surface area contributed by atoms with Crippen LogP contribution in [-0.4, -0.2) is 24.0 Å². The highest BCUT2D eigenvalue weighted by Gasteiger charge is 2.13. The van der Waals surface area contributed by atoms with E-state index in [2.05, 4.69) is 15.2 Å². The first kappa shape index (κ1) is 19.3. The topological polar surface area (TPSA) is 45.2 Å². The van der Waals surface area contributed by atoms with Gasteiger partial charge in [-0.2, -0.15) is 0 Å². The van der Waals surface area contributed by atoms with E-state index in [1.165, 1.54) is 31.1 Å². The molecule has 0 unspecified atom stereocenters. The summed E-state index contributed by atoms with van der Waals surface area (Å²) in [5.41, 5.74) is 1.94. The van der Waals surface area contributed by atoms with Gasteiger partial charge in [0, 0.05) is 41.7 Å². The molecule has 0 saturated carbocycles. The van der Waals surface area contributed by atoms with Crippen molar-refractivity contribution in [1.82, 2.24) is 10.3 Å². The molecule has 1 aliphatic heterocycles. The van der Waals surface area contributed by atoms with Crippen molar-refractivity contribution in [2.45, 2.75) is 19.4 Å². The van der Waals surface area contributed by atoms with Gasteiger partial charge < -0.3 is 10.2 Å². The number of nitrogens with one attached hydrogen (secondary N) is 1. The molecule has 0 radical (unpaired) electrons. The molecule has 0 spiro atoms. The van der Waals surface area contributed by atoms with Gasteiger partial charge in [0.15, 0.2) is 0 Å². The second-order valence-corrected chi connectivity index (χ2v) is 8.09. The number of amides is 1. The van der Waals surface area contributed by atoms with Gasteiger partial charge in [-0.15, -0.1) is 11.3 Å². The molecule has 6 heteroatoms. The maximum Gasteiger partial charge on any atom is 0.244 e. The lowest BCUT2D eigenvalue weighted by molar-refractivity contribution is -0.116. The predicted molar refractivity (Wildman–Crippen MR) is 116 cm³/mol. The van der Waals surface area contributed by atoms with Crippen molar-refractivity contribution >= 4 is 29.1 Å². The Kier molecular flexibility index (Phi) is 6.00. The molecule has 1 aliphatic rings. The highest BCUT2D eigenvalue weighted by molar-refractivity contribution is 7.16. The van der Waals surface area contributed by atoms with Crippen LogP contribution in [0.2, 0.25) is 0 Å². The number of carbonyl (C=O) groups excluding carboxylic acids is 1. The van der Waals surface area contributed by atoms with Crippen molar-refractivity contribution in [1.29, 1.82) is 0 Å². The van der Waals surface area contributed by atoms with E-state index in [0.29, 0.717) is 6.54 Å². The minimum Gasteiger partial charge on any atom is -0.357 e. The fourth-order valence-electron chi connectivity index (χ4n) is 3.27. The second-order valence-electron chi connectivity index (χ2n) is 6.98. The highest BCUT2D eigenvalue weighted by atomic mass is 32.1. The van der Waals surface area contributed by atoms with Crippen LogP contribution in [-0.2, 0) is 11.3 Å². The summed E-state index contributed by atoms with van der Waals surface area (Å²) in [6, 6.07) is 14.4. The van der Waals surface area contributed by atoms with Crippen LogP contribution in [0.3, 0.4) is 0 Å². The van der Waals surface area contributed by atoms with Crippen LogP contribution in [0.25, 0.3) is 16.5 Å². The number of nitrogens with zero attached hydrogens (tertiary/aromatic N) is 2. The quantitative estimate of drug-likeness (QED) is 0.593. The van der Waals surface area contributed by atoms with Crippen molar-refractivity contribution in [3.63, 3.8) is 0 Å².